The molecule has 0 saturated heterocycles. The molecule has 1 aromatic carbocycles. The van der Waals surface area contributed by atoms with Gasteiger partial charge in [0, 0.05) is 19.8 Å². The van der Waals surface area contributed by atoms with E-state index in [0.717, 1.165) is 29.0 Å². The highest BCUT2D eigenvalue weighted by Crippen LogP contribution is 2.28. The quantitative estimate of drug-likeness (QED) is 0.410. The average Bonchev–Trinajstić information content (AvgIpc) is 2.56. The van der Waals surface area contributed by atoms with Crippen LogP contribution in [0.4, 0.5) is 13.2 Å². The van der Waals surface area contributed by atoms with E-state index in [1.165, 1.54) is 12.1 Å². The number of pyridine rings is 1. The van der Waals surface area contributed by atoms with Crippen LogP contribution in [0.1, 0.15) is 22.4 Å². The minimum Gasteiger partial charge on any atom is -0.352 e. The highest BCUT2D eigenvalue weighted by atomic mass is 127. The maximum atomic E-state index is 12.5. The molecule has 0 radical (unpaired) electrons. The van der Waals surface area contributed by atoms with Gasteiger partial charge in [-0.1, -0.05) is 18.2 Å². The van der Waals surface area contributed by atoms with Gasteiger partial charge in [-0.25, -0.2) is 0 Å². The second-order valence-electron chi connectivity index (χ2n) is 5.24. The first kappa shape index (κ1) is 21.2. The van der Waals surface area contributed by atoms with Crippen molar-refractivity contribution in [1.82, 2.24) is 15.6 Å². The van der Waals surface area contributed by atoms with Gasteiger partial charge in [-0.2, -0.15) is 13.2 Å². The number of nitrogens with one attached hydrogen (secondary N) is 2. The lowest BCUT2D eigenvalue weighted by Gasteiger charge is -2.13. The zero-order chi connectivity index (χ0) is 17.6. The van der Waals surface area contributed by atoms with Crippen LogP contribution in [0.2, 0.25) is 0 Å². The second-order valence-corrected chi connectivity index (χ2v) is 5.24. The summed E-state index contributed by atoms with van der Waals surface area (Å²) >= 11 is 0. The molecule has 2 N–H and O–H groups in total. The molecule has 0 bridgehead atoms. The van der Waals surface area contributed by atoms with Crippen LogP contribution in [-0.4, -0.2) is 18.0 Å². The summed E-state index contributed by atoms with van der Waals surface area (Å²) < 4.78 is 37.6. The van der Waals surface area contributed by atoms with Gasteiger partial charge in [0.25, 0.3) is 0 Å². The molecule has 25 heavy (non-hydrogen) atoms. The van der Waals surface area contributed by atoms with E-state index in [1.54, 1.807) is 13.2 Å². The summed E-state index contributed by atoms with van der Waals surface area (Å²) in [5, 5.41) is 6.19. The summed E-state index contributed by atoms with van der Waals surface area (Å²) in [6.07, 6.45) is -2.59. The predicted molar refractivity (Wildman–Crippen MR) is 103 cm³/mol. The van der Waals surface area contributed by atoms with E-state index in [0.29, 0.717) is 19.0 Å². The number of rotatable bonds is 4. The minimum absolute atomic E-state index is 0. The van der Waals surface area contributed by atoms with Gasteiger partial charge in [0.1, 0.15) is 0 Å². The normalized spacial score (nSPS) is 11.6. The van der Waals surface area contributed by atoms with E-state index >= 15 is 0 Å². The van der Waals surface area contributed by atoms with Gasteiger partial charge < -0.3 is 10.6 Å². The molecule has 0 aliphatic carbocycles. The molecule has 0 aliphatic heterocycles. The van der Waals surface area contributed by atoms with Gasteiger partial charge in [0.05, 0.1) is 17.8 Å². The standard InChI is InChI=1S/C17H19F3N4.HI/c1-12-4-3-9-22-15(12)11-24-16(21-2)23-10-13-5-7-14(8-6-13)17(18,19)20;/h3-9H,10-11H2,1-2H3,(H2,21,23,24);1H. The Morgan fingerprint density at radius 3 is 2.28 bits per heavy atom. The number of alkyl halides is 3. The minimum atomic E-state index is -4.32. The lowest BCUT2D eigenvalue weighted by molar-refractivity contribution is -0.137. The van der Waals surface area contributed by atoms with E-state index in [-0.39, 0.29) is 24.0 Å². The van der Waals surface area contributed by atoms with Crippen LogP contribution < -0.4 is 10.6 Å². The number of halogens is 4. The topological polar surface area (TPSA) is 49.3 Å². The van der Waals surface area contributed by atoms with Crippen LogP contribution in [0.15, 0.2) is 47.6 Å². The molecule has 136 valence electrons. The van der Waals surface area contributed by atoms with Gasteiger partial charge in [0.2, 0.25) is 0 Å². The molecule has 1 aromatic heterocycles. The predicted octanol–water partition coefficient (Wildman–Crippen LogP) is 3.89. The maximum Gasteiger partial charge on any atom is 0.416 e. The smallest absolute Gasteiger partial charge is 0.352 e. The van der Waals surface area contributed by atoms with Gasteiger partial charge in [-0.05, 0) is 36.2 Å². The Bertz CT molecular complexity index is 700. The van der Waals surface area contributed by atoms with Crippen molar-refractivity contribution in [3.05, 3.63) is 65.0 Å². The maximum absolute atomic E-state index is 12.5. The van der Waals surface area contributed by atoms with Gasteiger partial charge >= 0.3 is 6.18 Å². The van der Waals surface area contributed by atoms with Crippen molar-refractivity contribution < 1.29 is 13.2 Å². The highest BCUT2D eigenvalue weighted by molar-refractivity contribution is 14.0. The summed E-state index contributed by atoms with van der Waals surface area (Å²) in [4.78, 5) is 8.37. The Hall–Kier alpha value is -1.84. The fourth-order valence-electron chi connectivity index (χ4n) is 2.09. The number of nitrogens with zero attached hydrogens (tertiary/aromatic N) is 2. The Balaban J connectivity index is 0.00000312. The van der Waals surface area contributed by atoms with Crippen molar-refractivity contribution in [3.63, 3.8) is 0 Å². The highest BCUT2D eigenvalue weighted by Gasteiger charge is 2.29. The molecule has 0 spiro atoms. The lowest BCUT2D eigenvalue weighted by Crippen LogP contribution is -2.36. The van der Waals surface area contributed by atoms with Gasteiger partial charge in [-0.3, -0.25) is 9.98 Å². The number of aryl methyl sites for hydroxylation is 1. The summed E-state index contributed by atoms with van der Waals surface area (Å²) in [7, 11) is 1.63. The average molecular weight is 464 g/mol. The van der Waals surface area contributed by atoms with Gasteiger partial charge in [-0.15, -0.1) is 24.0 Å². The van der Waals surface area contributed by atoms with Crippen LogP contribution in [0.5, 0.6) is 0 Å². The Morgan fingerprint density at radius 2 is 1.72 bits per heavy atom. The third-order valence-corrected chi connectivity index (χ3v) is 3.51. The van der Waals surface area contributed by atoms with Crippen molar-refractivity contribution in [3.8, 4) is 0 Å². The largest absolute Gasteiger partial charge is 0.416 e. The zero-order valence-electron chi connectivity index (χ0n) is 13.9. The number of hydrogen-bond acceptors (Lipinski definition) is 2. The molecule has 0 aliphatic rings. The molecule has 2 aromatic rings. The van der Waals surface area contributed by atoms with E-state index in [9.17, 15) is 13.2 Å². The van der Waals surface area contributed by atoms with Crippen molar-refractivity contribution in [2.45, 2.75) is 26.2 Å². The first-order valence-corrected chi connectivity index (χ1v) is 7.41. The molecule has 0 saturated carbocycles. The molecular formula is C17H20F3IN4. The molecule has 4 nitrogen and oxygen atoms in total. The van der Waals surface area contributed by atoms with Crippen molar-refractivity contribution in [1.29, 1.82) is 0 Å². The number of benzene rings is 1. The summed E-state index contributed by atoms with van der Waals surface area (Å²) in [5.41, 5.74) is 2.07. The molecule has 0 amide bonds. The molecular weight excluding hydrogens is 444 g/mol. The first-order chi connectivity index (χ1) is 11.4. The molecule has 0 atom stereocenters. The van der Waals surface area contributed by atoms with E-state index < -0.39 is 11.7 Å². The fourth-order valence-corrected chi connectivity index (χ4v) is 2.09. The third kappa shape index (κ3) is 6.52. The molecule has 0 fully saturated rings. The van der Waals surface area contributed by atoms with Crippen molar-refractivity contribution >= 4 is 29.9 Å². The van der Waals surface area contributed by atoms with Crippen LogP contribution in [0.25, 0.3) is 0 Å². The molecule has 1 heterocycles. The zero-order valence-corrected chi connectivity index (χ0v) is 16.2. The Labute approximate surface area is 162 Å². The van der Waals surface area contributed by atoms with Gasteiger partial charge in [0.15, 0.2) is 5.96 Å². The Kier molecular flexibility index (Phi) is 8.14. The third-order valence-electron chi connectivity index (χ3n) is 3.51. The van der Waals surface area contributed by atoms with Crippen molar-refractivity contribution in [2.75, 3.05) is 7.05 Å². The molecule has 0 unspecified atom stereocenters. The monoisotopic (exact) mass is 464 g/mol. The summed E-state index contributed by atoms with van der Waals surface area (Å²) in [6, 6.07) is 8.89. The lowest BCUT2D eigenvalue weighted by atomic mass is 10.1. The Morgan fingerprint density at radius 1 is 1.08 bits per heavy atom. The SMILES string of the molecule is CN=C(NCc1ccc(C(F)(F)F)cc1)NCc1ncccc1C.I. The number of aliphatic imine (C=N–C) groups is 1. The van der Waals surface area contributed by atoms with Crippen LogP contribution in [0.3, 0.4) is 0 Å². The molecule has 2 rings (SSSR count). The summed E-state index contributed by atoms with van der Waals surface area (Å²) in [5.74, 6) is 0.556. The van der Waals surface area contributed by atoms with E-state index in [1.807, 2.05) is 19.1 Å². The van der Waals surface area contributed by atoms with Crippen LogP contribution in [-0.2, 0) is 19.3 Å². The molecule has 8 heteroatoms. The number of hydrogen-bond donors (Lipinski definition) is 2. The van der Waals surface area contributed by atoms with Crippen LogP contribution >= 0.6 is 24.0 Å². The number of guanidine groups is 1. The van der Waals surface area contributed by atoms with E-state index in [4.69, 9.17) is 0 Å². The fraction of sp³-hybridized carbons (Fsp3) is 0.294. The summed E-state index contributed by atoms with van der Waals surface area (Å²) in [6.45, 7) is 2.86. The van der Waals surface area contributed by atoms with E-state index in [2.05, 4.69) is 20.6 Å². The first-order valence-electron chi connectivity index (χ1n) is 7.41. The second kappa shape index (κ2) is 9.59. The van der Waals surface area contributed by atoms with Crippen molar-refractivity contribution in [2.24, 2.45) is 4.99 Å². The van der Waals surface area contributed by atoms with Crippen LogP contribution in [0, 0.1) is 6.92 Å². The number of aromatic nitrogens is 1.